The zero-order valence-electron chi connectivity index (χ0n) is 8.43. The highest BCUT2D eigenvalue weighted by molar-refractivity contribution is 5.08. The summed E-state index contributed by atoms with van der Waals surface area (Å²) in [6, 6.07) is 0. The molecule has 0 aliphatic carbocycles. The maximum absolute atomic E-state index is 12.6. The molecule has 0 fully saturated rings. The van der Waals surface area contributed by atoms with E-state index < -0.39 is 18.5 Å². The molecule has 0 rings (SSSR count). The number of hydrogen-bond donors (Lipinski definition) is 0. The first-order chi connectivity index (χ1) is 7.13. The fraction of sp³-hybridized carbons (Fsp3) is 0.600. The molecule has 2 nitrogen and oxygen atoms in total. The molecule has 0 N–H and O–H groups in total. The average Bonchev–Trinajstić information content (AvgIpc) is 2.23. The lowest BCUT2D eigenvalue weighted by molar-refractivity contribution is -0.0921. The summed E-state index contributed by atoms with van der Waals surface area (Å²) >= 11 is 0. The molecular formula is C10H15F3O2. The van der Waals surface area contributed by atoms with Gasteiger partial charge in [-0.1, -0.05) is 12.2 Å². The minimum atomic E-state index is -2.64. The van der Waals surface area contributed by atoms with E-state index in [2.05, 4.69) is 17.9 Å². The van der Waals surface area contributed by atoms with Crippen molar-refractivity contribution in [2.45, 2.75) is 6.43 Å². The molecule has 0 amide bonds. The van der Waals surface area contributed by atoms with Gasteiger partial charge in [-0.05, 0) is 0 Å². The Bertz CT molecular complexity index is 187. The van der Waals surface area contributed by atoms with Crippen LogP contribution in [0.1, 0.15) is 0 Å². The van der Waals surface area contributed by atoms with Crippen LogP contribution in [0.5, 0.6) is 0 Å². The Balaban J connectivity index is 3.97. The Morgan fingerprint density at radius 1 is 1.20 bits per heavy atom. The van der Waals surface area contributed by atoms with Gasteiger partial charge in [0.15, 0.2) is 0 Å². The lowest BCUT2D eigenvalue weighted by Crippen LogP contribution is -2.30. The number of hydrogen-bond acceptors (Lipinski definition) is 2. The summed E-state index contributed by atoms with van der Waals surface area (Å²) in [5.74, 6) is 0. The molecule has 5 heteroatoms. The minimum absolute atomic E-state index is 0.107. The van der Waals surface area contributed by atoms with E-state index in [0.29, 0.717) is 0 Å². The summed E-state index contributed by atoms with van der Waals surface area (Å²) in [6.07, 6.45) is -0.478. The molecule has 0 bridgehead atoms. The third-order valence-corrected chi connectivity index (χ3v) is 1.91. The zero-order chi connectivity index (χ0) is 11.7. The summed E-state index contributed by atoms with van der Waals surface area (Å²) in [6.45, 7) is 5.37. The van der Waals surface area contributed by atoms with Crippen LogP contribution >= 0.6 is 0 Å². The van der Waals surface area contributed by atoms with Gasteiger partial charge in [-0.3, -0.25) is 0 Å². The minimum Gasteiger partial charge on any atom is -0.354 e. The molecule has 15 heavy (non-hydrogen) atoms. The van der Waals surface area contributed by atoms with E-state index in [9.17, 15) is 13.2 Å². The van der Waals surface area contributed by atoms with E-state index in [1.54, 1.807) is 0 Å². The molecule has 0 aromatic carbocycles. The quantitative estimate of drug-likeness (QED) is 0.340. The van der Waals surface area contributed by atoms with Crippen LogP contribution in [0.15, 0.2) is 25.3 Å². The van der Waals surface area contributed by atoms with Crippen molar-refractivity contribution in [3.8, 4) is 0 Å². The van der Waals surface area contributed by atoms with Gasteiger partial charge in [0.05, 0.1) is 18.6 Å². The largest absolute Gasteiger partial charge is 0.354 e. The Kier molecular flexibility index (Phi) is 7.07. The monoisotopic (exact) mass is 224 g/mol. The topological polar surface area (TPSA) is 18.5 Å². The first kappa shape index (κ1) is 14.2. The highest BCUT2D eigenvalue weighted by atomic mass is 19.3. The van der Waals surface area contributed by atoms with Crippen molar-refractivity contribution in [2.75, 3.05) is 26.7 Å². The van der Waals surface area contributed by atoms with E-state index in [0.717, 1.165) is 12.2 Å². The summed E-state index contributed by atoms with van der Waals surface area (Å²) < 4.78 is 46.3. The first-order valence-corrected chi connectivity index (χ1v) is 4.39. The van der Waals surface area contributed by atoms with Gasteiger partial charge >= 0.3 is 0 Å². The molecule has 0 saturated heterocycles. The molecule has 0 heterocycles. The van der Waals surface area contributed by atoms with Crippen molar-refractivity contribution in [3.63, 3.8) is 0 Å². The fourth-order valence-electron chi connectivity index (χ4n) is 0.833. The second-order valence-corrected chi connectivity index (χ2v) is 2.88. The predicted octanol–water partition coefficient (Wildman–Crippen LogP) is 2.57. The third-order valence-electron chi connectivity index (χ3n) is 1.91. The lowest BCUT2D eigenvalue weighted by atomic mass is 9.90. The van der Waals surface area contributed by atoms with Gasteiger partial charge in [-0.25, -0.2) is 13.2 Å². The number of ether oxygens (including phenoxy) is 2. The van der Waals surface area contributed by atoms with Crippen molar-refractivity contribution in [1.82, 2.24) is 0 Å². The molecule has 0 spiro atoms. The van der Waals surface area contributed by atoms with Gasteiger partial charge in [0, 0.05) is 0 Å². The molecule has 88 valence electrons. The van der Waals surface area contributed by atoms with Crippen molar-refractivity contribution in [3.05, 3.63) is 25.3 Å². The fourth-order valence-corrected chi connectivity index (χ4v) is 0.833. The second kappa shape index (κ2) is 7.48. The van der Waals surface area contributed by atoms with Crippen LogP contribution in [0.25, 0.3) is 0 Å². The van der Waals surface area contributed by atoms with Crippen molar-refractivity contribution in [1.29, 1.82) is 0 Å². The molecule has 0 atom stereocenters. The van der Waals surface area contributed by atoms with Gasteiger partial charge < -0.3 is 9.47 Å². The van der Waals surface area contributed by atoms with Gasteiger partial charge in [-0.2, -0.15) is 0 Å². The molecule has 0 aliphatic heterocycles. The molecule has 0 saturated carbocycles. The Labute approximate surface area is 87.4 Å². The van der Waals surface area contributed by atoms with E-state index in [1.165, 1.54) is 0 Å². The number of alkyl halides is 3. The Morgan fingerprint density at radius 3 is 2.20 bits per heavy atom. The Morgan fingerprint density at radius 2 is 1.80 bits per heavy atom. The molecule has 0 aliphatic rings. The standard InChI is InChI=1S/C10H15F3O2/c1-3-10(4-2,9(12)13)7-15-8-14-6-5-11/h3-4,9H,1-2,5-8H2. The summed E-state index contributed by atoms with van der Waals surface area (Å²) in [4.78, 5) is 0. The molecule has 0 aromatic heterocycles. The van der Waals surface area contributed by atoms with Crippen LogP contribution in [0.2, 0.25) is 0 Å². The van der Waals surface area contributed by atoms with Crippen molar-refractivity contribution < 1.29 is 22.6 Å². The molecule has 0 unspecified atom stereocenters. The Hall–Kier alpha value is -0.810. The smallest absolute Gasteiger partial charge is 0.253 e. The first-order valence-electron chi connectivity index (χ1n) is 4.39. The summed E-state index contributed by atoms with van der Waals surface area (Å²) in [5.41, 5.74) is -1.57. The highest BCUT2D eigenvalue weighted by Crippen LogP contribution is 2.29. The number of halogens is 3. The lowest BCUT2D eigenvalue weighted by Gasteiger charge is -2.25. The highest BCUT2D eigenvalue weighted by Gasteiger charge is 2.34. The van der Waals surface area contributed by atoms with Crippen molar-refractivity contribution in [2.24, 2.45) is 5.41 Å². The van der Waals surface area contributed by atoms with Crippen LogP contribution in [0, 0.1) is 5.41 Å². The zero-order valence-corrected chi connectivity index (χ0v) is 8.43. The maximum Gasteiger partial charge on any atom is 0.253 e. The van der Waals surface area contributed by atoms with Crippen LogP contribution < -0.4 is 0 Å². The summed E-state index contributed by atoms with van der Waals surface area (Å²) in [5, 5.41) is 0. The maximum atomic E-state index is 12.6. The van der Waals surface area contributed by atoms with Gasteiger partial charge in [-0.15, -0.1) is 13.2 Å². The normalized spacial score (nSPS) is 11.7. The van der Waals surface area contributed by atoms with E-state index in [4.69, 9.17) is 4.74 Å². The van der Waals surface area contributed by atoms with E-state index >= 15 is 0 Å². The van der Waals surface area contributed by atoms with Crippen LogP contribution in [-0.2, 0) is 9.47 Å². The summed E-state index contributed by atoms with van der Waals surface area (Å²) in [7, 11) is 0. The molecule has 0 radical (unpaired) electrons. The predicted molar refractivity (Wildman–Crippen MR) is 51.6 cm³/mol. The third kappa shape index (κ3) is 4.48. The van der Waals surface area contributed by atoms with Crippen LogP contribution in [0.4, 0.5) is 13.2 Å². The van der Waals surface area contributed by atoms with Gasteiger partial charge in [0.25, 0.3) is 6.43 Å². The van der Waals surface area contributed by atoms with Gasteiger partial charge in [0.1, 0.15) is 13.5 Å². The van der Waals surface area contributed by atoms with E-state index in [-0.39, 0.29) is 20.0 Å². The number of rotatable bonds is 9. The molecule has 0 aromatic rings. The SMILES string of the molecule is C=CC(C=C)(COCOCCF)C(F)F. The van der Waals surface area contributed by atoms with Crippen LogP contribution in [0.3, 0.4) is 0 Å². The average molecular weight is 224 g/mol. The van der Waals surface area contributed by atoms with Crippen molar-refractivity contribution >= 4 is 0 Å². The van der Waals surface area contributed by atoms with Crippen LogP contribution in [-0.4, -0.2) is 33.1 Å². The van der Waals surface area contributed by atoms with E-state index in [1.807, 2.05) is 0 Å². The second-order valence-electron chi connectivity index (χ2n) is 2.88. The van der Waals surface area contributed by atoms with Gasteiger partial charge in [0.2, 0.25) is 0 Å². The molecular weight excluding hydrogens is 209 g/mol.